The molecule has 108 valence electrons. The van der Waals surface area contributed by atoms with E-state index in [-0.39, 0.29) is 17.9 Å². The SMILES string of the molecule is Cc1cc(C(=O)O)ccc1NC(=O)Cc1cccc(N)c1. The molecule has 4 N–H and O–H groups in total. The van der Waals surface area contributed by atoms with Crippen molar-refractivity contribution in [3.8, 4) is 0 Å². The van der Waals surface area contributed by atoms with Crippen LogP contribution in [-0.4, -0.2) is 17.0 Å². The summed E-state index contributed by atoms with van der Waals surface area (Å²) < 4.78 is 0. The normalized spacial score (nSPS) is 10.1. The number of benzene rings is 2. The summed E-state index contributed by atoms with van der Waals surface area (Å²) in [5, 5.41) is 11.7. The van der Waals surface area contributed by atoms with Gasteiger partial charge in [-0.3, -0.25) is 4.79 Å². The smallest absolute Gasteiger partial charge is 0.335 e. The summed E-state index contributed by atoms with van der Waals surface area (Å²) in [6.45, 7) is 1.75. The van der Waals surface area contributed by atoms with Gasteiger partial charge in [-0.25, -0.2) is 4.79 Å². The van der Waals surface area contributed by atoms with Crippen LogP contribution in [0.3, 0.4) is 0 Å². The minimum absolute atomic E-state index is 0.174. The second-order valence-corrected chi connectivity index (χ2v) is 4.80. The molecular formula is C16H16N2O3. The Balaban J connectivity index is 2.08. The van der Waals surface area contributed by atoms with Crippen LogP contribution in [0, 0.1) is 6.92 Å². The van der Waals surface area contributed by atoms with Crippen LogP contribution in [0.25, 0.3) is 0 Å². The lowest BCUT2D eigenvalue weighted by Gasteiger charge is -2.09. The minimum Gasteiger partial charge on any atom is -0.478 e. The van der Waals surface area contributed by atoms with Gasteiger partial charge in [0.25, 0.3) is 0 Å². The molecule has 2 rings (SSSR count). The predicted molar refractivity (Wildman–Crippen MR) is 81.3 cm³/mol. The van der Waals surface area contributed by atoms with E-state index in [9.17, 15) is 9.59 Å². The fourth-order valence-electron chi connectivity index (χ4n) is 2.02. The summed E-state index contributed by atoms with van der Waals surface area (Å²) in [7, 11) is 0. The summed E-state index contributed by atoms with van der Waals surface area (Å²) in [6.07, 6.45) is 0.213. The Morgan fingerprint density at radius 1 is 1.19 bits per heavy atom. The molecule has 0 radical (unpaired) electrons. The molecule has 2 aromatic rings. The molecule has 0 aliphatic carbocycles. The number of carboxylic acid groups (broad SMARTS) is 1. The highest BCUT2D eigenvalue weighted by atomic mass is 16.4. The highest BCUT2D eigenvalue weighted by Crippen LogP contribution is 2.17. The third kappa shape index (κ3) is 3.82. The molecule has 5 nitrogen and oxygen atoms in total. The summed E-state index contributed by atoms with van der Waals surface area (Å²) in [5.74, 6) is -1.16. The molecule has 0 atom stereocenters. The van der Waals surface area contributed by atoms with E-state index < -0.39 is 5.97 Å². The third-order valence-corrected chi connectivity index (χ3v) is 3.06. The van der Waals surface area contributed by atoms with Gasteiger partial charge in [0.05, 0.1) is 12.0 Å². The maximum Gasteiger partial charge on any atom is 0.335 e. The molecule has 1 amide bonds. The van der Waals surface area contributed by atoms with Crippen molar-refractivity contribution >= 4 is 23.3 Å². The first kappa shape index (κ1) is 14.6. The van der Waals surface area contributed by atoms with E-state index in [1.807, 2.05) is 6.07 Å². The van der Waals surface area contributed by atoms with Crippen LogP contribution in [0.4, 0.5) is 11.4 Å². The van der Waals surface area contributed by atoms with Gasteiger partial charge in [-0.15, -0.1) is 0 Å². The van der Waals surface area contributed by atoms with Gasteiger partial charge in [0.1, 0.15) is 0 Å². The molecule has 0 fully saturated rings. The van der Waals surface area contributed by atoms with Crippen LogP contribution in [0.5, 0.6) is 0 Å². The average molecular weight is 284 g/mol. The number of nitrogens with one attached hydrogen (secondary N) is 1. The molecule has 0 aromatic heterocycles. The zero-order chi connectivity index (χ0) is 15.4. The zero-order valence-corrected chi connectivity index (χ0v) is 11.6. The molecular weight excluding hydrogens is 268 g/mol. The van der Waals surface area contributed by atoms with E-state index in [4.69, 9.17) is 10.8 Å². The monoisotopic (exact) mass is 284 g/mol. The molecule has 0 saturated heterocycles. The fraction of sp³-hybridized carbons (Fsp3) is 0.125. The Bertz CT molecular complexity index is 696. The van der Waals surface area contributed by atoms with Crippen molar-refractivity contribution in [3.05, 3.63) is 59.2 Å². The van der Waals surface area contributed by atoms with Crippen LogP contribution >= 0.6 is 0 Å². The molecule has 0 spiro atoms. The van der Waals surface area contributed by atoms with E-state index in [0.29, 0.717) is 16.9 Å². The Labute approximate surface area is 122 Å². The number of nitrogen functional groups attached to an aromatic ring is 1. The van der Waals surface area contributed by atoms with Gasteiger partial charge in [-0.1, -0.05) is 12.1 Å². The van der Waals surface area contributed by atoms with Crippen molar-refractivity contribution in [2.75, 3.05) is 11.1 Å². The Morgan fingerprint density at radius 2 is 1.95 bits per heavy atom. The van der Waals surface area contributed by atoms with Crippen molar-refractivity contribution in [2.24, 2.45) is 0 Å². The quantitative estimate of drug-likeness (QED) is 0.752. The molecule has 0 unspecified atom stereocenters. The van der Waals surface area contributed by atoms with Gasteiger partial charge in [-0.05, 0) is 48.4 Å². The molecule has 5 heteroatoms. The molecule has 0 saturated carbocycles. The maximum atomic E-state index is 12.0. The number of amides is 1. The van der Waals surface area contributed by atoms with Crippen LogP contribution in [-0.2, 0) is 11.2 Å². The first-order valence-corrected chi connectivity index (χ1v) is 6.44. The minimum atomic E-state index is -0.990. The Hall–Kier alpha value is -2.82. The third-order valence-electron chi connectivity index (χ3n) is 3.06. The lowest BCUT2D eigenvalue weighted by molar-refractivity contribution is -0.115. The standard InChI is InChI=1S/C16H16N2O3/c1-10-7-12(16(20)21)5-6-14(10)18-15(19)9-11-3-2-4-13(17)8-11/h2-8H,9,17H2,1H3,(H,18,19)(H,20,21). The summed E-state index contributed by atoms with van der Waals surface area (Å²) in [6, 6.07) is 11.7. The lowest BCUT2D eigenvalue weighted by Crippen LogP contribution is -2.15. The molecule has 2 aromatic carbocycles. The van der Waals surface area contributed by atoms with E-state index >= 15 is 0 Å². The fourth-order valence-corrected chi connectivity index (χ4v) is 2.02. The number of anilines is 2. The largest absolute Gasteiger partial charge is 0.478 e. The summed E-state index contributed by atoms with van der Waals surface area (Å²) >= 11 is 0. The van der Waals surface area contributed by atoms with Crippen molar-refractivity contribution in [3.63, 3.8) is 0 Å². The average Bonchev–Trinajstić information content (AvgIpc) is 2.40. The van der Waals surface area contributed by atoms with Gasteiger partial charge < -0.3 is 16.2 Å². The summed E-state index contributed by atoms with van der Waals surface area (Å²) in [5.41, 5.74) is 8.61. The Kier molecular flexibility index (Phi) is 4.23. The topological polar surface area (TPSA) is 92.4 Å². The van der Waals surface area contributed by atoms with Gasteiger partial charge in [0.15, 0.2) is 0 Å². The van der Waals surface area contributed by atoms with Gasteiger partial charge in [-0.2, -0.15) is 0 Å². The maximum absolute atomic E-state index is 12.0. The van der Waals surface area contributed by atoms with E-state index in [2.05, 4.69) is 5.32 Å². The molecule has 0 bridgehead atoms. The number of carboxylic acids is 1. The second kappa shape index (κ2) is 6.09. The highest BCUT2D eigenvalue weighted by molar-refractivity contribution is 5.94. The van der Waals surface area contributed by atoms with Crippen LogP contribution in [0.15, 0.2) is 42.5 Å². The highest BCUT2D eigenvalue weighted by Gasteiger charge is 2.09. The number of carbonyl (C=O) groups is 2. The van der Waals surface area contributed by atoms with Crippen molar-refractivity contribution in [1.82, 2.24) is 0 Å². The number of hydrogen-bond acceptors (Lipinski definition) is 3. The first-order valence-electron chi connectivity index (χ1n) is 6.44. The number of aryl methyl sites for hydroxylation is 1. The van der Waals surface area contributed by atoms with E-state index in [1.165, 1.54) is 12.1 Å². The molecule has 0 aliphatic rings. The summed E-state index contributed by atoms with van der Waals surface area (Å²) in [4.78, 5) is 22.9. The number of carbonyl (C=O) groups excluding carboxylic acids is 1. The van der Waals surface area contributed by atoms with Crippen LogP contribution < -0.4 is 11.1 Å². The number of hydrogen-bond donors (Lipinski definition) is 3. The van der Waals surface area contributed by atoms with Crippen molar-refractivity contribution < 1.29 is 14.7 Å². The van der Waals surface area contributed by atoms with Crippen LogP contribution in [0.2, 0.25) is 0 Å². The zero-order valence-electron chi connectivity index (χ0n) is 11.6. The number of rotatable bonds is 4. The second-order valence-electron chi connectivity index (χ2n) is 4.80. The van der Waals surface area contributed by atoms with E-state index in [1.54, 1.807) is 31.2 Å². The molecule has 21 heavy (non-hydrogen) atoms. The van der Waals surface area contributed by atoms with Gasteiger partial charge in [0, 0.05) is 11.4 Å². The molecule has 0 aliphatic heterocycles. The van der Waals surface area contributed by atoms with Crippen LogP contribution in [0.1, 0.15) is 21.5 Å². The van der Waals surface area contributed by atoms with Crippen molar-refractivity contribution in [1.29, 1.82) is 0 Å². The number of aromatic carboxylic acids is 1. The van der Waals surface area contributed by atoms with Crippen molar-refractivity contribution in [2.45, 2.75) is 13.3 Å². The lowest BCUT2D eigenvalue weighted by atomic mass is 10.1. The Morgan fingerprint density at radius 3 is 2.57 bits per heavy atom. The predicted octanol–water partition coefficient (Wildman–Crippen LogP) is 2.46. The van der Waals surface area contributed by atoms with E-state index in [0.717, 1.165) is 5.56 Å². The van der Waals surface area contributed by atoms with Gasteiger partial charge >= 0.3 is 5.97 Å². The first-order chi connectivity index (χ1) is 9.95. The number of nitrogens with two attached hydrogens (primary N) is 1. The van der Waals surface area contributed by atoms with Gasteiger partial charge in [0.2, 0.25) is 5.91 Å². The molecule has 0 heterocycles.